The molecule has 0 bridgehead atoms. The maximum Gasteiger partial charge on any atom is 0.416 e. The molecule has 0 fully saturated rings. The second kappa shape index (κ2) is 8.40. The summed E-state index contributed by atoms with van der Waals surface area (Å²) in [5.74, 6) is 1.12. The van der Waals surface area contributed by atoms with Crippen LogP contribution in [0.4, 0.5) is 13.2 Å². The topological polar surface area (TPSA) is 49.2 Å². The lowest BCUT2D eigenvalue weighted by Crippen LogP contribution is -2.08. The Bertz CT molecular complexity index is 973. The monoisotopic (exact) mass is 411 g/mol. The van der Waals surface area contributed by atoms with Gasteiger partial charge in [0.2, 0.25) is 0 Å². The smallest absolute Gasteiger partial charge is 0.416 e. The van der Waals surface area contributed by atoms with E-state index in [0.717, 1.165) is 17.7 Å². The van der Waals surface area contributed by atoms with E-state index >= 15 is 0 Å². The molecule has 0 saturated carbocycles. The number of hydrogen-bond acceptors (Lipinski definition) is 5. The number of halogens is 3. The predicted octanol–water partition coefficient (Wildman–Crippen LogP) is 4.97. The number of rotatable bonds is 7. The fourth-order valence-corrected chi connectivity index (χ4v) is 3.47. The van der Waals surface area contributed by atoms with Gasteiger partial charge in [-0.2, -0.15) is 13.2 Å². The number of nitrogens with zero attached hydrogens (tertiary/aromatic N) is 3. The van der Waals surface area contributed by atoms with Gasteiger partial charge in [0.1, 0.15) is 18.1 Å². The first kappa shape index (κ1) is 20.5. The van der Waals surface area contributed by atoms with Crippen molar-refractivity contribution in [2.45, 2.75) is 20.0 Å². The molecular weight excluding hydrogens is 391 g/mol. The molecule has 0 spiro atoms. The van der Waals surface area contributed by atoms with Crippen LogP contribution in [0.3, 0.4) is 0 Å². The fourth-order valence-electron chi connectivity index (χ4n) is 2.82. The minimum Gasteiger partial charge on any atom is -0.491 e. The van der Waals surface area contributed by atoms with Crippen LogP contribution in [0.5, 0.6) is 5.75 Å². The van der Waals surface area contributed by atoms with Crippen molar-refractivity contribution in [3.05, 3.63) is 41.6 Å². The average Bonchev–Trinajstić information content (AvgIpc) is 3.03. The fraction of sp³-hybridized carbons (Fsp3) is 0.368. The van der Waals surface area contributed by atoms with Crippen LogP contribution in [0.15, 0.2) is 30.5 Å². The lowest BCUT2D eigenvalue weighted by atomic mass is 10.2. The van der Waals surface area contributed by atoms with E-state index in [4.69, 9.17) is 9.47 Å². The van der Waals surface area contributed by atoms with Gasteiger partial charge in [0.15, 0.2) is 5.82 Å². The van der Waals surface area contributed by atoms with Crippen LogP contribution >= 0.6 is 11.9 Å². The molecule has 28 heavy (non-hydrogen) atoms. The minimum absolute atomic E-state index is 0.267. The van der Waals surface area contributed by atoms with Gasteiger partial charge in [-0.15, -0.1) is 0 Å². The van der Waals surface area contributed by atoms with Crippen molar-refractivity contribution < 1.29 is 22.6 Å². The second-order valence-electron chi connectivity index (χ2n) is 5.94. The Labute approximate surface area is 165 Å². The molecule has 1 aromatic carbocycles. The van der Waals surface area contributed by atoms with Crippen molar-refractivity contribution in [2.75, 3.05) is 26.1 Å². The predicted molar refractivity (Wildman–Crippen MR) is 104 cm³/mol. The average molecular weight is 411 g/mol. The molecule has 2 aromatic heterocycles. The Morgan fingerprint density at radius 3 is 2.64 bits per heavy atom. The van der Waals surface area contributed by atoms with Crippen LogP contribution in [-0.2, 0) is 10.9 Å². The van der Waals surface area contributed by atoms with Crippen LogP contribution in [0, 0.1) is 6.92 Å². The van der Waals surface area contributed by atoms with E-state index in [1.807, 2.05) is 20.1 Å². The number of hydrogen-bond donors (Lipinski definition) is 0. The van der Waals surface area contributed by atoms with Crippen molar-refractivity contribution in [2.24, 2.45) is 0 Å². The van der Waals surface area contributed by atoms with Gasteiger partial charge in [-0.3, -0.25) is 8.96 Å². The van der Waals surface area contributed by atoms with Crippen LogP contribution < -0.4 is 4.74 Å². The molecule has 3 aromatic rings. The molecule has 0 aliphatic carbocycles. The van der Waals surface area contributed by atoms with Crippen molar-refractivity contribution in [3.63, 3.8) is 0 Å². The first-order valence-electron chi connectivity index (χ1n) is 8.67. The van der Waals surface area contributed by atoms with Crippen molar-refractivity contribution in [1.82, 2.24) is 13.9 Å². The number of alkyl halides is 3. The highest BCUT2D eigenvalue weighted by molar-refractivity contribution is 7.97. The maximum atomic E-state index is 13.0. The molecule has 5 nitrogen and oxygen atoms in total. The van der Waals surface area contributed by atoms with E-state index in [9.17, 15) is 13.2 Å². The molecule has 3 rings (SSSR count). The van der Waals surface area contributed by atoms with Crippen molar-refractivity contribution in [3.8, 4) is 17.3 Å². The van der Waals surface area contributed by atoms with E-state index in [-0.39, 0.29) is 5.52 Å². The van der Waals surface area contributed by atoms with Crippen LogP contribution in [0.2, 0.25) is 0 Å². The number of imidazole rings is 1. The zero-order chi connectivity index (χ0) is 20.3. The highest BCUT2D eigenvalue weighted by atomic mass is 32.2. The number of benzene rings is 1. The Morgan fingerprint density at radius 1 is 1.18 bits per heavy atom. The van der Waals surface area contributed by atoms with Crippen LogP contribution in [0.1, 0.15) is 18.1 Å². The van der Waals surface area contributed by atoms with Gasteiger partial charge in [0, 0.05) is 24.6 Å². The van der Waals surface area contributed by atoms with Gasteiger partial charge in [0.05, 0.1) is 23.2 Å². The summed E-state index contributed by atoms with van der Waals surface area (Å²) in [6, 6.07) is 5.30. The maximum absolute atomic E-state index is 13.0. The number of fused-ring (bicyclic) bond motifs is 1. The molecule has 0 atom stereocenters. The Morgan fingerprint density at radius 2 is 1.96 bits per heavy atom. The zero-order valence-corrected chi connectivity index (χ0v) is 16.5. The van der Waals surface area contributed by atoms with Crippen LogP contribution in [-0.4, -0.2) is 40.0 Å². The first-order valence-corrected chi connectivity index (χ1v) is 9.85. The van der Waals surface area contributed by atoms with Crippen LogP contribution in [0.25, 0.3) is 22.6 Å². The molecule has 150 valence electrons. The molecule has 0 aliphatic rings. The quantitative estimate of drug-likeness (QED) is 0.514. The van der Waals surface area contributed by atoms with Gasteiger partial charge < -0.3 is 9.47 Å². The molecule has 0 unspecified atom stereocenters. The zero-order valence-electron chi connectivity index (χ0n) is 15.7. The highest BCUT2D eigenvalue weighted by Gasteiger charge is 2.31. The standard InChI is InChI=1S/C19H20F3N3O2S/c1-4-26-9-10-27-16-7-8-23-17(12(16)2)18-24-14-11-13(19(20,21)22)5-6-15(14)25(18)28-3/h5-8,11H,4,9-10H2,1-3H3. The normalized spacial score (nSPS) is 11.9. The molecule has 0 aliphatic heterocycles. The lowest BCUT2D eigenvalue weighted by molar-refractivity contribution is -0.137. The number of ether oxygens (including phenoxy) is 2. The summed E-state index contributed by atoms with van der Waals surface area (Å²) in [4.78, 5) is 8.84. The Balaban J connectivity index is 2.03. The second-order valence-corrected chi connectivity index (χ2v) is 6.67. The third kappa shape index (κ3) is 4.10. The van der Waals surface area contributed by atoms with E-state index in [1.165, 1.54) is 18.0 Å². The summed E-state index contributed by atoms with van der Waals surface area (Å²) in [5, 5.41) is 0. The number of pyridine rings is 1. The third-order valence-electron chi connectivity index (χ3n) is 4.18. The Kier molecular flexibility index (Phi) is 6.14. The summed E-state index contributed by atoms with van der Waals surface area (Å²) in [6.07, 6.45) is -0.983. The molecular formula is C19H20F3N3O2S. The Hall–Kier alpha value is -2.26. The molecule has 0 N–H and O–H groups in total. The molecule has 0 amide bonds. The van der Waals surface area contributed by atoms with Gasteiger partial charge in [0.25, 0.3) is 0 Å². The van der Waals surface area contributed by atoms with Crippen molar-refractivity contribution in [1.29, 1.82) is 0 Å². The largest absolute Gasteiger partial charge is 0.491 e. The van der Waals surface area contributed by atoms with Gasteiger partial charge >= 0.3 is 6.18 Å². The lowest BCUT2D eigenvalue weighted by Gasteiger charge is -2.12. The van der Waals surface area contributed by atoms with Crippen molar-refractivity contribution >= 4 is 23.0 Å². The summed E-state index contributed by atoms with van der Waals surface area (Å²) in [7, 11) is 0. The van der Waals surface area contributed by atoms with Gasteiger partial charge in [-0.25, -0.2) is 4.98 Å². The molecule has 0 saturated heterocycles. The van der Waals surface area contributed by atoms with E-state index < -0.39 is 11.7 Å². The number of aromatic nitrogens is 3. The summed E-state index contributed by atoms with van der Waals surface area (Å²) in [6.45, 7) is 5.24. The SMILES string of the molecule is CCOCCOc1ccnc(-c2nc3cc(C(F)(F)F)ccc3n2SC)c1C. The van der Waals surface area contributed by atoms with Gasteiger partial charge in [-0.05, 0) is 50.1 Å². The van der Waals surface area contributed by atoms with E-state index in [0.29, 0.717) is 42.6 Å². The van der Waals surface area contributed by atoms with Gasteiger partial charge in [-0.1, -0.05) is 0 Å². The minimum atomic E-state index is -4.42. The first-order chi connectivity index (χ1) is 13.4. The summed E-state index contributed by atoms with van der Waals surface area (Å²) >= 11 is 1.35. The summed E-state index contributed by atoms with van der Waals surface area (Å²) in [5.41, 5.74) is 1.46. The highest BCUT2D eigenvalue weighted by Crippen LogP contribution is 2.35. The van der Waals surface area contributed by atoms with E-state index in [1.54, 1.807) is 16.2 Å². The molecule has 2 heterocycles. The summed E-state index contributed by atoms with van der Waals surface area (Å²) < 4.78 is 51.9. The van der Waals surface area contributed by atoms with E-state index in [2.05, 4.69) is 9.97 Å². The molecule has 0 radical (unpaired) electrons. The molecule has 9 heteroatoms. The third-order valence-corrected chi connectivity index (χ3v) is 4.91.